The smallest absolute Gasteiger partial charge is 0.324 e. The van der Waals surface area contributed by atoms with E-state index in [-0.39, 0.29) is 17.3 Å². The Morgan fingerprint density at radius 2 is 1.73 bits per heavy atom. The molecule has 0 saturated heterocycles. The summed E-state index contributed by atoms with van der Waals surface area (Å²) in [5.41, 5.74) is 0.269. The quantitative estimate of drug-likeness (QED) is 0.402. The van der Waals surface area contributed by atoms with Crippen molar-refractivity contribution in [1.82, 2.24) is 0 Å². The molecule has 1 amide bonds. The number of carbonyl (C=O) groups excluding carboxylic acids is 1. The number of anilines is 1. The first kappa shape index (κ1) is 20.1. The van der Waals surface area contributed by atoms with Crippen molar-refractivity contribution in [2.24, 2.45) is 0 Å². The number of alkyl halides is 3. The standard InChI is InChI=1S/C16H13F3N2O3S2/c17-16(18,19)10-26-14-4-2-1-3-13(14)20-15(22)9-25-12-7-5-11(6-8-12)21(23)24/h1-8H,9-10H2,(H,20,22). The molecule has 2 aromatic rings. The van der Waals surface area contributed by atoms with E-state index in [4.69, 9.17) is 0 Å². The van der Waals surface area contributed by atoms with Gasteiger partial charge in [-0.05, 0) is 24.3 Å². The van der Waals surface area contributed by atoms with E-state index < -0.39 is 16.9 Å². The normalized spacial score (nSPS) is 11.2. The molecule has 26 heavy (non-hydrogen) atoms. The lowest BCUT2D eigenvalue weighted by Crippen LogP contribution is -2.15. The second-order valence-electron chi connectivity index (χ2n) is 4.99. The van der Waals surface area contributed by atoms with Gasteiger partial charge < -0.3 is 5.32 Å². The summed E-state index contributed by atoms with van der Waals surface area (Å²) < 4.78 is 37.1. The minimum atomic E-state index is -4.30. The molecule has 138 valence electrons. The summed E-state index contributed by atoms with van der Waals surface area (Å²) in [6.07, 6.45) is -4.30. The number of non-ortho nitro benzene ring substituents is 1. The first-order valence-corrected chi connectivity index (χ1v) is 9.17. The maximum atomic E-state index is 12.4. The number of nitrogens with zero attached hydrogens (tertiary/aromatic N) is 1. The highest BCUT2D eigenvalue weighted by molar-refractivity contribution is 8.00. The summed E-state index contributed by atoms with van der Waals surface area (Å²) in [6.45, 7) is 0. The molecular weight excluding hydrogens is 389 g/mol. The van der Waals surface area contributed by atoms with Gasteiger partial charge in [-0.3, -0.25) is 14.9 Å². The van der Waals surface area contributed by atoms with Crippen molar-refractivity contribution >= 4 is 40.8 Å². The van der Waals surface area contributed by atoms with Gasteiger partial charge in [-0.2, -0.15) is 13.2 Å². The van der Waals surface area contributed by atoms with Gasteiger partial charge in [0.1, 0.15) is 0 Å². The number of nitrogens with one attached hydrogen (secondary N) is 1. The van der Waals surface area contributed by atoms with Crippen LogP contribution in [-0.4, -0.2) is 28.5 Å². The van der Waals surface area contributed by atoms with Crippen molar-refractivity contribution < 1.29 is 22.9 Å². The predicted molar refractivity (Wildman–Crippen MR) is 95.7 cm³/mol. The molecule has 0 spiro atoms. The number of nitro benzene ring substituents is 1. The van der Waals surface area contributed by atoms with E-state index in [0.29, 0.717) is 27.2 Å². The van der Waals surface area contributed by atoms with Gasteiger partial charge in [0.15, 0.2) is 0 Å². The van der Waals surface area contributed by atoms with Gasteiger partial charge in [-0.1, -0.05) is 12.1 Å². The maximum absolute atomic E-state index is 12.4. The fraction of sp³-hybridized carbons (Fsp3) is 0.188. The molecule has 0 saturated carbocycles. The van der Waals surface area contributed by atoms with Gasteiger partial charge >= 0.3 is 6.18 Å². The minimum Gasteiger partial charge on any atom is -0.324 e. The Morgan fingerprint density at radius 3 is 2.35 bits per heavy atom. The number of amides is 1. The molecule has 1 N–H and O–H groups in total. The van der Waals surface area contributed by atoms with E-state index in [0.717, 1.165) is 0 Å². The minimum absolute atomic E-state index is 0.0239. The van der Waals surface area contributed by atoms with Crippen LogP contribution in [0, 0.1) is 10.1 Å². The van der Waals surface area contributed by atoms with E-state index >= 15 is 0 Å². The molecule has 0 heterocycles. The van der Waals surface area contributed by atoms with Crippen LogP contribution in [0.25, 0.3) is 0 Å². The van der Waals surface area contributed by atoms with Gasteiger partial charge in [-0.15, -0.1) is 23.5 Å². The van der Waals surface area contributed by atoms with Crippen LogP contribution in [0.5, 0.6) is 0 Å². The highest BCUT2D eigenvalue weighted by Gasteiger charge is 2.27. The molecule has 2 rings (SSSR count). The number of nitro groups is 1. The second-order valence-corrected chi connectivity index (χ2v) is 7.05. The molecule has 0 radical (unpaired) electrons. The lowest BCUT2D eigenvalue weighted by atomic mass is 10.3. The van der Waals surface area contributed by atoms with Crippen molar-refractivity contribution in [2.45, 2.75) is 16.0 Å². The Hall–Kier alpha value is -2.20. The maximum Gasteiger partial charge on any atom is 0.398 e. The van der Waals surface area contributed by atoms with E-state index in [2.05, 4.69) is 5.32 Å². The third kappa shape index (κ3) is 6.60. The highest BCUT2D eigenvalue weighted by Crippen LogP contribution is 2.32. The SMILES string of the molecule is O=C(CSc1ccc([N+](=O)[O-])cc1)Nc1ccccc1SCC(F)(F)F. The lowest BCUT2D eigenvalue weighted by molar-refractivity contribution is -0.384. The summed E-state index contributed by atoms with van der Waals surface area (Å²) >= 11 is 1.77. The predicted octanol–water partition coefficient (Wildman–Crippen LogP) is 4.98. The zero-order valence-electron chi connectivity index (χ0n) is 13.2. The molecule has 0 aromatic heterocycles. The summed E-state index contributed by atoms with van der Waals surface area (Å²) in [5, 5.41) is 13.2. The molecule has 0 aliphatic rings. The Balaban J connectivity index is 1.92. The number of rotatable bonds is 7. The van der Waals surface area contributed by atoms with Crippen LogP contribution < -0.4 is 5.32 Å². The monoisotopic (exact) mass is 402 g/mol. The van der Waals surface area contributed by atoms with E-state index in [1.807, 2.05) is 0 Å². The van der Waals surface area contributed by atoms with Crippen molar-refractivity contribution in [2.75, 3.05) is 16.8 Å². The number of hydrogen-bond donors (Lipinski definition) is 1. The lowest BCUT2D eigenvalue weighted by Gasteiger charge is -2.11. The first-order chi connectivity index (χ1) is 12.2. The summed E-state index contributed by atoms with van der Waals surface area (Å²) in [5.74, 6) is -1.40. The zero-order valence-corrected chi connectivity index (χ0v) is 14.8. The molecule has 0 aliphatic heterocycles. The third-order valence-corrected chi connectivity index (χ3v) is 5.12. The van der Waals surface area contributed by atoms with Crippen LogP contribution >= 0.6 is 23.5 Å². The fourth-order valence-corrected chi connectivity index (χ4v) is 3.32. The number of thioether (sulfide) groups is 2. The summed E-state index contributed by atoms with van der Waals surface area (Å²) in [7, 11) is 0. The zero-order chi connectivity index (χ0) is 19.2. The Labute approximate surface area is 155 Å². The largest absolute Gasteiger partial charge is 0.398 e. The van der Waals surface area contributed by atoms with Gasteiger partial charge in [0.2, 0.25) is 5.91 Å². The van der Waals surface area contributed by atoms with Crippen LogP contribution in [-0.2, 0) is 4.79 Å². The average molecular weight is 402 g/mol. The molecule has 2 aromatic carbocycles. The van der Waals surface area contributed by atoms with Crippen molar-refractivity contribution in [3.05, 3.63) is 58.6 Å². The number of benzene rings is 2. The number of halogens is 3. The number of hydrogen-bond acceptors (Lipinski definition) is 5. The van der Waals surface area contributed by atoms with E-state index in [1.54, 1.807) is 12.1 Å². The molecule has 0 aliphatic carbocycles. The first-order valence-electron chi connectivity index (χ1n) is 7.20. The molecule has 0 unspecified atom stereocenters. The highest BCUT2D eigenvalue weighted by atomic mass is 32.2. The van der Waals surface area contributed by atoms with Gasteiger partial charge in [-0.25, -0.2) is 0 Å². The Morgan fingerprint density at radius 1 is 1.08 bits per heavy atom. The van der Waals surface area contributed by atoms with Crippen LogP contribution in [0.3, 0.4) is 0 Å². The van der Waals surface area contributed by atoms with Crippen molar-refractivity contribution in [1.29, 1.82) is 0 Å². The van der Waals surface area contributed by atoms with Crippen molar-refractivity contribution in [3.8, 4) is 0 Å². The van der Waals surface area contributed by atoms with Crippen LogP contribution in [0.4, 0.5) is 24.5 Å². The van der Waals surface area contributed by atoms with Crippen LogP contribution in [0.15, 0.2) is 58.3 Å². The number of para-hydroxylation sites is 1. The van der Waals surface area contributed by atoms with E-state index in [9.17, 15) is 28.1 Å². The molecule has 10 heteroatoms. The van der Waals surface area contributed by atoms with Crippen molar-refractivity contribution in [3.63, 3.8) is 0 Å². The Kier molecular flexibility index (Phi) is 6.92. The average Bonchev–Trinajstić information content (AvgIpc) is 2.59. The molecule has 0 atom stereocenters. The summed E-state index contributed by atoms with van der Waals surface area (Å²) in [6, 6.07) is 12.0. The number of carbonyl (C=O) groups is 1. The third-order valence-electron chi connectivity index (χ3n) is 2.97. The van der Waals surface area contributed by atoms with Gasteiger partial charge in [0, 0.05) is 21.9 Å². The van der Waals surface area contributed by atoms with Gasteiger partial charge in [0.25, 0.3) is 5.69 Å². The van der Waals surface area contributed by atoms with E-state index in [1.165, 1.54) is 48.2 Å². The molecular formula is C16H13F3N2O3S2. The fourth-order valence-electron chi connectivity index (χ4n) is 1.85. The molecule has 0 bridgehead atoms. The van der Waals surface area contributed by atoms with Crippen LogP contribution in [0.1, 0.15) is 0 Å². The topological polar surface area (TPSA) is 72.2 Å². The van der Waals surface area contributed by atoms with Crippen LogP contribution in [0.2, 0.25) is 0 Å². The van der Waals surface area contributed by atoms with Gasteiger partial charge in [0.05, 0.1) is 22.1 Å². The molecule has 0 fully saturated rings. The molecule has 5 nitrogen and oxygen atoms in total. The second kappa shape index (κ2) is 8.95. The Bertz CT molecular complexity index is 783. The summed E-state index contributed by atoms with van der Waals surface area (Å²) in [4.78, 5) is 23.1.